The number of anilines is 2. The van der Waals surface area contributed by atoms with E-state index in [1.54, 1.807) is 30.5 Å². The third kappa shape index (κ3) is 4.47. The molecule has 3 aromatic carbocycles. The number of halogens is 3. The highest BCUT2D eigenvalue weighted by Crippen LogP contribution is 2.32. The number of rotatable bonds is 5. The van der Waals surface area contributed by atoms with Crippen LogP contribution in [0.3, 0.4) is 0 Å². The molecule has 0 aliphatic carbocycles. The Bertz CT molecular complexity index is 1410. The molecule has 0 aliphatic heterocycles. The molecule has 2 heterocycles. The van der Waals surface area contributed by atoms with Gasteiger partial charge in [0.25, 0.3) is 0 Å². The van der Waals surface area contributed by atoms with Crippen molar-refractivity contribution in [1.82, 2.24) is 20.2 Å². The standard InChI is InChI=1S/C24H16F3N5O/c25-24(26,27)17-5-3-6-18(14-17)29-23-30-21(31-32-23)16-8-10-19(11-9-16)33-22-20-7-2-1-4-15(20)12-13-28-22/h1-14H,(H2,29,30,31,32). The third-order valence-corrected chi connectivity index (χ3v) is 4.91. The number of alkyl halides is 3. The Morgan fingerprint density at radius 2 is 1.70 bits per heavy atom. The third-order valence-electron chi connectivity index (χ3n) is 4.91. The molecule has 0 fully saturated rings. The normalized spacial score (nSPS) is 11.5. The van der Waals surface area contributed by atoms with Gasteiger partial charge in [-0.25, -0.2) is 4.98 Å². The number of hydrogen-bond donors (Lipinski definition) is 2. The molecular formula is C24H16F3N5O. The summed E-state index contributed by atoms with van der Waals surface area (Å²) in [5.74, 6) is 1.72. The molecule has 0 radical (unpaired) electrons. The van der Waals surface area contributed by atoms with E-state index in [2.05, 4.69) is 25.5 Å². The van der Waals surface area contributed by atoms with Crippen molar-refractivity contribution in [1.29, 1.82) is 0 Å². The Kier molecular flexibility index (Phi) is 5.14. The Hall–Kier alpha value is -4.40. The van der Waals surface area contributed by atoms with Gasteiger partial charge in [-0.05, 0) is 60.0 Å². The number of H-pyrrole nitrogens is 1. The van der Waals surface area contributed by atoms with Gasteiger partial charge in [0.05, 0.1) is 5.56 Å². The van der Waals surface area contributed by atoms with Crippen LogP contribution in [0, 0.1) is 0 Å². The SMILES string of the molecule is FC(F)(F)c1cccc(Nc2n[nH]c(-c3ccc(Oc4nccc5ccccc45)cc3)n2)c1. The van der Waals surface area contributed by atoms with Crippen molar-refractivity contribution >= 4 is 22.4 Å². The van der Waals surface area contributed by atoms with E-state index in [-0.39, 0.29) is 11.6 Å². The van der Waals surface area contributed by atoms with Crippen LogP contribution in [0.4, 0.5) is 24.8 Å². The molecule has 0 saturated heterocycles. The van der Waals surface area contributed by atoms with E-state index >= 15 is 0 Å². The van der Waals surface area contributed by atoms with Crippen LogP contribution in [0.15, 0.2) is 85.1 Å². The minimum Gasteiger partial charge on any atom is -0.438 e. The van der Waals surface area contributed by atoms with Gasteiger partial charge in [0.1, 0.15) is 5.75 Å². The van der Waals surface area contributed by atoms with Crippen molar-refractivity contribution in [3.8, 4) is 23.0 Å². The number of ether oxygens (including phenoxy) is 1. The molecular weight excluding hydrogens is 431 g/mol. The fraction of sp³-hybridized carbons (Fsp3) is 0.0417. The molecule has 0 atom stereocenters. The van der Waals surface area contributed by atoms with E-state index in [0.717, 1.165) is 28.5 Å². The summed E-state index contributed by atoms with van der Waals surface area (Å²) >= 11 is 0. The summed E-state index contributed by atoms with van der Waals surface area (Å²) in [5.41, 5.74) is 0.221. The van der Waals surface area contributed by atoms with Gasteiger partial charge >= 0.3 is 6.18 Å². The lowest BCUT2D eigenvalue weighted by molar-refractivity contribution is -0.137. The average molecular weight is 447 g/mol. The van der Waals surface area contributed by atoms with Crippen molar-refractivity contribution in [3.05, 3.63) is 90.6 Å². The van der Waals surface area contributed by atoms with E-state index < -0.39 is 11.7 Å². The van der Waals surface area contributed by atoms with Crippen molar-refractivity contribution in [2.45, 2.75) is 6.18 Å². The smallest absolute Gasteiger partial charge is 0.416 e. The Morgan fingerprint density at radius 3 is 2.52 bits per heavy atom. The lowest BCUT2D eigenvalue weighted by Crippen LogP contribution is -2.05. The van der Waals surface area contributed by atoms with E-state index in [9.17, 15) is 13.2 Å². The van der Waals surface area contributed by atoms with Crippen molar-refractivity contribution in [2.24, 2.45) is 0 Å². The second kappa shape index (κ2) is 8.27. The molecule has 5 rings (SSSR count). The van der Waals surface area contributed by atoms with Gasteiger partial charge in [0.15, 0.2) is 5.82 Å². The number of benzene rings is 3. The van der Waals surface area contributed by atoms with Crippen LogP contribution in [0.1, 0.15) is 5.56 Å². The fourth-order valence-corrected chi connectivity index (χ4v) is 3.31. The molecule has 33 heavy (non-hydrogen) atoms. The number of aromatic amines is 1. The van der Waals surface area contributed by atoms with E-state index in [0.29, 0.717) is 17.5 Å². The predicted molar refractivity (Wildman–Crippen MR) is 118 cm³/mol. The molecule has 2 N–H and O–H groups in total. The molecule has 0 unspecified atom stereocenters. The first-order valence-corrected chi connectivity index (χ1v) is 9.94. The highest BCUT2D eigenvalue weighted by atomic mass is 19.4. The van der Waals surface area contributed by atoms with E-state index in [4.69, 9.17) is 4.74 Å². The molecule has 0 bridgehead atoms. The number of hydrogen-bond acceptors (Lipinski definition) is 5. The van der Waals surface area contributed by atoms with Crippen LogP contribution >= 0.6 is 0 Å². The summed E-state index contributed by atoms with van der Waals surface area (Å²) in [6, 6.07) is 21.7. The molecule has 0 aliphatic rings. The number of fused-ring (bicyclic) bond motifs is 1. The topological polar surface area (TPSA) is 75.7 Å². The first kappa shape index (κ1) is 20.5. The maximum absolute atomic E-state index is 12.9. The average Bonchev–Trinajstić information content (AvgIpc) is 3.28. The molecule has 0 amide bonds. The minimum absolute atomic E-state index is 0.157. The maximum atomic E-state index is 12.9. The van der Waals surface area contributed by atoms with Gasteiger partial charge in [-0.15, -0.1) is 5.10 Å². The zero-order valence-electron chi connectivity index (χ0n) is 17.0. The predicted octanol–water partition coefficient (Wildman–Crippen LogP) is 6.57. The molecule has 6 nitrogen and oxygen atoms in total. The van der Waals surface area contributed by atoms with Crippen molar-refractivity contribution < 1.29 is 17.9 Å². The molecule has 0 saturated carbocycles. The van der Waals surface area contributed by atoms with E-state index in [1.165, 1.54) is 12.1 Å². The Labute approximate surface area is 186 Å². The molecule has 0 spiro atoms. The summed E-state index contributed by atoms with van der Waals surface area (Å²) in [6.07, 6.45) is -2.73. The van der Waals surface area contributed by atoms with Crippen molar-refractivity contribution in [3.63, 3.8) is 0 Å². The van der Waals surface area contributed by atoms with Gasteiger partial charge in [-0.3, -0.25) is 5.10 Å². The summed E-state index contributed by atoms with van der Waals surface area (Å²) in [5, 5.41) is 11.5. The first-order valence-electron chi connectivity index (χ1n) is 9.94. The summed E-state index contributed by atoms with van der Waals surface area (Å²) in [6.45, 7) is 0. The van der Waals surface area contributed by atoms with Gasteiger partial charge < -0.3 is 10.1 Å². The molecule has 164 valence electrons. The van der Waals surface area contributed by atoms with Crippen LogP contribution in [-0.2, 0) is 6.18 Å². The van der Waals surface area contributed by atoms with Crippen LogP contribution in [0.25, 0.3) is 22.2 Å². The molecule has 5 aromatic rings. The highest BCUT2D eigenvalue weighted by Gasteiger charge is 2.30. The lowest BCUT2D eigenvalue weighted by atomic mass is 10.2. The van der Waals surface area contributed by atoms with Crippen LogP contribution in [-0.4, -0.2) is 20.2 Å². The van der Waals surface area contributed by atoms with Gasteiger partial charge in [-0.2, -0.15) is 18.2 Å². The van der Waals surface area contributed by atoms with Crippen LogP contribution < -0.4 is 10.1 Å². The van der Waals surface area contributed by atoms with Crippen LogP contribution in [0.2, 0.25) is 0 Å². The quantitative estimate of drug-likeness (QED) is 0.319. The number of nitrogens with one attached hydrogen (secondary N) is 2. The summed E-state index contributed by atoms with van der Waals surface area (Å²) < 4.78 is 44.6. The van der Waals surface area contributed by atoms with E-state index in [1.807, 2.05) is 30.3 Å². The number of nitrogens with zero attached hydrogens (tertiary/aromatic N) is 3. The number of pyridine rings is 1. The molecule has 9 heteroatoms. The second-order valence-corrected chi connectivity index (χ2v) is 7.17. The second-order valence-electron chi connectivity index (χ2n) is 7.17. The zero-order valence-corrected chi connectivity index (χ0v) is 17.0. The summed E-state index contributed by atoms with van der Waals surface area (Å²) in [7, 11) is 0. The largest absolute Gasteiger partial charge is 0.438 e. The first-order chi connectivity index (χ1) is 16.0. The maximum Gasteiger partial charge on any atom is 0.416 e. The Morgan fingerprint density at radius 1 is 0.879 bits per heavy atom. The molecule has 2 aromatic heterocycles. The Balaban J connectivity index is 1.31. The monoisotopic (exact) mass is 447 g/mol. The summed E-state index contributed by atoms with van der Waals surface area (Å²) in [4.78, 5) is 8.63. The highest BCUT2D eigenvalue weighted by molar-refractivity contribution is 5.86. The van der Waals surface area contributed by atoms with Crippen molar-refractivity contribution in [2.75, 3.05) is 5.32 Å². The van der Waals surface area contributed by atoms with Gasteiger partial charge in [0, 0.05) is 22.8 Å². The minimum atomic E-state index is -4.42. The zero-order chi connectivity index (χ0) is 22.8. The fourth-order valence-electron chi connectivity index (χ4n) is 3.31. The van der Waals surface area contributed by atoms with Crippen LogP contribution in [0.5, 0.6) is 11.6 Å². The van der Waals surface area contributed by atoms with Gasteiger partial charge in [0.2, 0.25) is 11.8 Å². The lowest BCUT2D eigenvalue weighted by Gasteiger charge is -2.08. The van der Waals surface area contributed by atoms with Gasteiger partial charge in [-0.1, -0.05) is 24.3 Å². The number of aromatic nitrogens is 4.